The summed E-state index contributed by atoms with van der Waals surface area (Å²) in [5.74, 6) is 2.03. The molecule has 1 aromatic carbocycles. The molecule has 0 unspecified atom stereocenters. The van der Waals surface area contributed by atoms with E-state index in [2.05, 4.69) is 49.0 Å². The van der Waals surface area contributed by atoms with Gasteiger partial charge in [-0.2, -0.15) is 0 Å². The third-order valence-corrected chi connectivity index (χ3v) is 4.30. The molecule has 3 aromatic rings. The van der Waals surface area contributed by atoms with Gasteiger partial charge in [0.25, 0.3) is 0 Å². The van der Waals surface area contributed by atoms with Crippen LogP contribution in [0.4, 0.5) is 5.95 Å². The molecular weight excluding hydrogens is 316 g/mol. The fraction of sp³-hybridized carbons (Fsp3) is 0.333. The van der Waals surface area contributed by atoms with Crippen molar-refractivity contribution in [1.82, 2.24) is 25.1 Å². The van der Waals surface area contributed by atoms with E-state index in [4.69, 9.17) is 4.42 Å². The molecule has 128 valence electrons. The van der Waals surface area contributed by atoms with Gasteiger partial charge < -0.3 is 9.32 Å². The van der Waals surface area contributed by atoms with Gasteiger partial charge in [0, 0.05) is 44.1 Å². The van der Waals surface area contributed by atoms with Crippen LogP contribution in [0.15, 0.2) is 47.1 Å². The first-order valence-electron chi connectivity index (χ1n) is 8.42. The molecule has 0 bridgehead atoms. The van der Waals surface area contributed by atoms with Crippen molar-refractivity contribution < 1.29 is 4.42 Å². The number of rotatable bonds is 4. The largest absolute Gasteiger partial charge is 0.419 e. The van der Waals surface area contributed by atoms with Crippen LogP contribution in [0.5, 0.6) is 0 Å². The minimum Gasteiger partial charge on any atom is -0.419 e. The minimum atomic E-state index is 0.579. The number of hydrogen-bond acceptors (Lipinski definition) is 7. The molecule has 1 fully saturated rings. The first kappa shape index (κ1) is 15.7. The molecule has 0 amide bonds. The average Bonchev–Trinajstić information content (AvgIpc) is 3.12. The molecule has 1 aliphatic rings. The molecule has 0 N–H and O–H groups in total. The van der Waals surface area contributed by atoms with Crippen LogP contribution >= 0.6 is 0 Å². The fourth-order valence-electron chi connectivity index (χ4n) is 2.96. The van der Waals surface area contributed by atoms with E-state index >= 15 is 0 Å². The highest BCUT2D eigenvalue weighted by atomic mass is 16.4. The maximum absolute atomic E-state index is 5.84. The molecule has 7 heteroatoms. The first-order valence-corrected chi connectivity index (χ1v) is 8.42. The fourth-order valence-corrected chi connectivity index (χ4v) is 2.96. The van der Waals surface area contributed by atoms with Gasteiger partial charge >= 0.3 is 0 Å². The van der Waals surface area contributed by atoms with E-state index in [1.54, 1.807) is 12.4 Å². The SMILES string of the molecule is Cc1cccc(-c2nnc(CN3CCN(c4ncccn4)CC3)o2)c1. The number of aryl methyl sites for hydroxylation is 1. The summed E-state index contributed by atoms with van der Waals surface area (Å²) in [4.78, 5) is 13.1. The van der Waals surface area contributed by atoms with E-state index in [0.29, 0.717) is 18.3 Å². The molecule has 7 nitrogen and oxygen atoms in total. The van der Waals surface area contributed by atoms with Crippen molar-refractivity contribution in [3.63, 3.8) is 0 Å². The Kier molecular flexibility index (Phi) is 4.39. The smallest absolute Gasteiger partial charge is 0.247 e. The Morgan fingerprint density at radius 2 is 1.80 bits per heavy atom. The highest BCUT2D eigenvalue weighted by Gasteiger charge is 2.20. The molecule has 0 atom stereocenters. The Morgan fingerprint density at radius 1 is 1.00 bits per heavy atom. The van der Waals surface area contributed by atoms with Crippen molar-refractivity contribution in [2.24, 2.45) is 0 Å². The lowest BCUT2D eigenvalue weighted by Gasteiger charge is -2.33. The normalized spacial score (nSPS) is 15.5. The topological polar surface area (TPSA) is 71.2 Å². The average molecular weight is 336 g/mol. The molecule has 0 aliphatic carbocycles. The number of nitrogens with zero attached hydrogens (tertiary/aromatic N) is 6. The standard InChI is InChI=1S/C18H20N6O/c1-14-4-2-5-15(12-14)17-22-21-16(25-17)13-23-8-10-24(11-9-23)18-19-6-3-7-20-18/h2-7,12H,8-11,13H2,1H3. The monoisotopic (exact) mass is 336 g/mol. The predicted octanol–water partition coefficient (Wildman–Crippen LogP) is 2.16. The Hall–Kier alpha value is -2.80. The lowest BCUT2D eigenvalue weighted by molar-refractivity contribution is 0.226. The van der Waals surface area contributed by atoms with Crippen LogP contribution in [0, 0.1) is 6.92 Å². The van der Waals surface area contributed by atoms with Gasteiger partial charge in [-0.25, -0.2) is 9.97 Å². The van der Waals surface area contributed by atoms with E-state index in [-0.39, 0.29) is 0 Å². The van der Waals surface area contributed by atoms with Crippen molar-refractivity contribution in [3.05, 3.63) is 54.2 Å². The Labute approximate surface area is 146 Å². The Morgan fingerprint density at radius 3 is 2.56 bits per heavy atom. The second kappa shape index (κ2) is 6.98. The Bertz CT molecular complexity index is 826. The number of hydrogen-bond donors (Lipinski definition) is 0. The van der Waals surface area contributed by atoms with Crippen molar-refractivity contribution in [2.45, 2.75) is 13.5 Å². The van der Waals surface area contributed by atoms with Gasteiger partial charge in [-0.3, -0.25) is 4.90 Å². The van der Waals surface area contributed by atoms with Crippen LogP contribution in [0.25, 0.3) is 11.5 Å². The summed E-state index contributed by atoms with van der Waals surface area (Å²) in [5, 5.41) is 8.38. The number of anilines is 1. The van der Waals surface area contributed by atoms with Crippen molar-refractivity contribution >= 4 is 5.95 Å². The highest BCUT2D eigenvalue weighted by Crippen LogP contribution is 2.20. The van der Waals surface area contributed by atoms with Gasteiger partial charge in [-0.1, -0.05) is 17.7 Å². The predicted molar refractivity (Wildman–Crippen MR) is 94.0 cm³/mol. The van der Waals surface area contributed by atoms with Crippen LogP contribution < -0.4 is 4.90 Å². The molecule has 0 radical (unpaired) electrons. The van der Waals surface area contributed by atoms with Crippen molar-refractivity contribution in [2.75, 3.05) is 31.1 Å². The third kappa shape index (κ3) is 3.66. The second-order valence-electron chi connectivity index (χ2n) is 6.18. The van der Waals surface area contributed by atoms with Crippen molar-refractivity contribution in [1.29, 1.82) is 0 Å². The summed E-state index contributed by atoms with van der Waals surface area (Å²) in [6, 6.07) is 9.93. The zero-order chi connectivity index (χ0) is 17.1. The molecule has 1 aliphatic heterocycles. The molecule has 0 saturated carbocycles. The molecule has 2 aromatic heterocycles. The van der Waals surface area contributed by atoms with Crippen LogP contribution in [0.1, 0.15) is 11.5 Å². The first-order chi connectivity index (χ1) is 12.3. The van der Waals surface area contributed by atoms with Crippen molar-refractivity contribution in [3.8, 4) is 11.5 Å². The summed E-state index contributed by atoms with van der Waals surface area (Å²) in [5.41, 5.74) is 2.14. The van der Waals surface area contributed by atoms with Crippen LogP contribution in [-0.2, 0) is 6.54 Å². The maximum atomic E-state index is 5.84. The molecule has 3 heterocycles. The summed E-state index contributed by atoms with van der Waals surface area (Å²) < 4.78 is 5.84. The van der Waals surface area contributed by atoms with Crippen LogP contribution in [-0.4, -0.2) is 51.2 Å². The Balaban J connectivity index is 1.36. The van der Waals surface area contributed by atoms with E-state index in [1.807, 2.05) is 18.2 Å². The van der Waals surface area contributed by atoms with Crippen LogP contribution in [0.2, 0.25) is 0 Å². The van der Waals surface area contributed by atoms with Gasteiger partial charge in [0.05, 0.1) is 6.54 Å². The highest BCUT2D eigenvalue weighted by molar-refractivity contribution is 5.53. The number of aromatic nitrogens is 4. The van der Waals surface area contributed by atoms with E-state index in [9.17, 15) is 0 Å². The molecule has 1 saturated heterocycles. The van der Waals surface area contributed by atoms with Gasteiger partial charge in [-0.05, 0) is 25.1 Å². The van der Waals surface area contributed by atoms with Crippen LogP contribution in [0.3, 0.4) is 0 Å². The number of benzene rings is 1. The molecule has 0 spiro atoms. The lowest BCUT2D eigenvalue weighted by atomic mass is 10.1. The van der Waals surface area contributed by atoms with E-state index < -0.39 is 0 Å². The van der Waals surface area contributed by atoms with Gasteiger partial charge in [0.2, 0.25) is 17.7 Å². The number of piperazine rings is 1. The summed E-state index contributed by atoms with van der Waals surface area (Å²) in [6.45, 7) is 6.34. The minimum absolute atomic E-state index is 0.579. The third-order valence-electron chi connectivity index (χ3n) is 4.30. The lowest BCUT2D eigenvalue weighted by Crippen LogP contribution is -2.46. The summed E-state index contributed by atoms with van der Waals surface area (Å²) in [6.07, 6.45) is 3.56. The molecular formula is C18H20N6O. The summed E-state index contributed by atoms with van der Waals surface area (Å²) in [7, 11) is 0. The second-order valence-corrected chi connectivity index (χ2v) is 6.18. The van der Waals surface area contributed by atoms with Gasteiger partial charge in [0.15, 0.2) is 0 Å². The zero-order valence-corrected chi connectivity index (χ0v) is 14.2. The van der Waals surface area contributed by atoms with E-state index in [0.717, 1.165) is 37.7 Å². The summed E-state index contributed by atoms with van der Waals surface area (Å²) >= 11 is 0. The zero-order valence-electron chi connectivity index (χ0n) is 14.2. The molecule has 25 heavy (non-hydrogen) atoms. The molecule has 4 rings (SSSR count). The quantitative estimate of drug-likeness (QED) is 0.723. The van der Waals surface area contributed by atoms with Gasteiger partial charge in [0.1, 0.15) is 0 Å². The maximum Gasteiger partial charge on any atom is 0.247 e. The van der Waals surface area contributed by atoms with E-state index in [1.165, 1.54) is 5.56 Å². The van der Waals surface area contributed by atoms with Gasteiger partial charge in [-0.15, -0.1) is 10.2 Å².